The van der Waals surface area contributed by atoms with Crippen molar-refractivity contribution in [2.24, 2.45) is 0 Å². The van der Waals surface area contributed by atoms with Crippen molar-refractivity contribution in [2.45, 2.75) is 39.3 Å². The number of imidazole rings is 1. The van der Waals surface area contributed by atoms with Crippen LogP contribution in [0.5, 0.6) is 5.75 Å². The molecule has 2 aromatic heterocycles. The number of carbonyl (C=O) groups is 1. The number of hydrogen-bond acceptors (Lipinski definition) is 4. The van der Waals surface area contributed by atoms with Crippen LogP contribution in [-0.4, -0.2) is 40.3 Å². The smallest absolute Gasteiger partial charge is 0.256 e. The number of para-hydroxylation sites is 2. The van der Waals surface area contributed by atoms with Crippen LogP contribution in [0.4, 0.5) is 5.82 Å². The first kappa shape index (κ1) is 21.3. The van der Waals surface area contributed by atoms with Crippen LogP contribution in [0.1, 0.15) is 34.5 Å². The molecule has 0 spiro atoms. The average molecular weight is 445 g/mol. The number of carbonyl (C=O) groups excluding carboxylic acids is 1. The van der Waals surface area contributed by atoms with Crippen LogP contribution in [0.15, 0.2) is 48.5 Å². The molecule has 1 fully saturated rings. The third-order valence-electron chi connectivity index (χ3n) is 6.45. The van der Waals surface area contributed by atoms with Crippen molar-refractivity contribution in [1.82, 2.24) is 14.5 Å². The van der Waals surface area contributed by atoms with Gasteiger partial charge in [0.1, 0.15) is 17.4 Å². The monoisotopic (exact) mass is 444 g/mol. The van der Waals surface area contributed by atoms with Crippen LogP contribution >= 0.6 is 0 Å². The van der Waals surface area contributed by atoms with Crippen molar-refractivity contribution in [3.8, 4) is 17.1 Å². The minimum absolute atomic E-state index is 0.135. The van der Waals surface area contributed by atoms with E-state index in [1.165, 1.54) is 0 Å². The van der Waals surface area contributed by atoms with Crippen molar-refractivity contribution < 1.29 is 14.3 Å². The zero-order valence-corrected chi connectivity index (χ0v) is 19.1. The second-order valence-corrected chi connectivity index (χ2v) is 8.46. The van der Waals surface area contributed by atoms with E-state index >= 15 is 0 Å². The molecular weight excluding hydrogens is 416 g/mol. The summed E-state index contributed by atoms with van der Waals surface area (Å²) in [5, 5.41) is 3.18. The molecule has 4 aromatic rings. The van der Waals surface area contributed by atoms with Crippen molar-refractivity contribution in [2.75, 3.05) is 19.0 Å². The molecule has 2 aromatic carbocycles. The number of fused-ring (bicyclic) bond motifs is 1. The van der Waals surface area contributed by atoms with Gasteiger partial charge in [-0.1, -0.05) is 12.1 Å². The highest BCUT2D eigenvalue weighted by Gasteiger charge is 2.26. The highest BCUT2D eigenvalue weighted by atomic mass is 16.5. The summed E-state index contributed by atoms with van der Waals surface area (Å²) in [4.78, 5) is 21.5. The van der Waals surface area contributed by atoms with E-state index in [0.29, 0.717) is 17.9 Å². The summed E-state index contributed by atoms with van der Waals surface area (Å²) in [7, 11) is 1.61. The van der Waals surface area contributed by atoms with Crippen LogP contribution in [0.3, 0.4) is 0 Å². The van der Waals surface area contributed by atoms with Gasteiger partial charge < -0.3 is 24.3 Å². The zero-order chi connectivity index (χ0) is 22.9. The molecule has 7 heteroatoms. The summed E-state index contributed by atoms with van der Waals surface area (Å²) in [5.74, 6) is 2.01. The Balaban J connectivity index is 1.59. The fourth-order valence-electron chi connectivity index (χ4n) is 4.50. The molecule has 1 saturated heterocycles. The molecule has 1 aliphatic rings. The van der Waals surface area contributed by atoms with E-state index in [1.54, 1.807) is 31.4 Å². The Labute approximate surface area is 192 Å². The van der Waals surface area contributed by atoms with Crippen molar-refractivity contribution in [3.63, 3.8) is 0 Å². The third kappa shape index (κ3) is 4.00. The van der Waals surface area contributed by atoms with Crippen LogP contribution in [0.25, 0.3) is 22.4 Å². The Hall–Kier alpha value is -3.58. The average Bonchev–Trinajstić information content (AvgIpc) is 3.55. The molecule has 33 heavy (non-hydrogen) atoms. The van der Waals surface area contributed by atoms with Gasteiger partial charge in [0.05, 0.1) is 36.4 Å². The largest absolute Gasteiger partial charge is 0.497 e. The van der Waals surface area contributed by atoms with Crippen LogP contribution in [-0.2, 0) is 11.3 Å². The molecular formula is C26H28N4O3. The number of H-pyrrole nitrogens is 1. The second kappa shape index (κ2) is 8.75. The van der Waals surface area contributed by atoms with Gasteiger partial charge in [-0.3, -0.25) is 4.79 Å². The second-order valence-electron chi connectivity index (χ2n) is 8.46. The molecule has 5 rings (SSSR count). The van der Waals surface area contributed by atoms with E-state index in [9.17, 15) is 4.79 Å². The summed E-state index contributed by atoms with van der Waals surface area (Å²) in [6, 6.07) is 15.1. The minimum Gasteiger partial charge on any atom is -0.497 e. The maximum Gasteiger partial charge on any atom is 0.256 e. The highest BCUT2D eigenvalue weighted by Crippen LogP contribution is 2.37. The lowest BCUT2D eigenvalue weighted by molar-refractivity contribution is 0.0962. The van der Waals surface area contributed by atoms with E-state index in [1.807, 2.05) is 24.3 Å². The summed E-state index contributed by atoms with van der Waals surface area (Å²) in [6.07, 6.45) is 2.21. The lowest BCUT2D eigenvalue weighted by Gasteiger charge is -2.17. The molecule has 0 unspecified atom stereocenters. The molecule has 1 aliphatic heterocycles. The van der Waals surface area contributed by atoms with Gasteiger partial charge in [-0.05, 0) is 68.7 Å². The number of aromatic nitrogens is 3. The zero-order valence-electron chi connectivity index (χ0n) is 19.1. The van der Waals surface area contributed by atoms with Crippen LogP contribution in [0.2, 0.25) is 0 Å². The maximum atomic E-state index is 13.3. The Morgan fingerprint density at radius 2 is 2.00 bits per heavy atom. The summed E-state index contributed by atoms with van der Waals surface area (Å²) in [5.41, 5.74) is 5.49. The normalized spacial score (nSPS) is 15.8. The highest BCUT2D eigenvalue weighted by molar-refractivity contribution is 6.06. The van der Waals surface area contributed by atoms with Gasteiger partial charge in [0, 0.05) is 17.9 Å². The van der Waals surface area contributed by atoms with Crippen molar-refractivity contribution >= 4 is 22.8 Å². The number of ether oxygens (including phenoxy) is 2. The van der Waals surface area contributed by atoms with E-state index in [4.69, 9.17) is 14.5 Å². The summed E-state index contributed by atoms with van der Waals surface area (Å²) in [6.45, 7) is 5.63. The molecule has 0 radical (unpaired) electrons. The van der Waals surface area contributed by atoms with Gasteiger partial charge in [0.25, 0.3) is 5.91 Å². The summed E-state index contributed by atoms with van der Waals surface area (Å²) >= 11 is 0. The first-order chi connectivity index (χ1) is 16.0. The number of benzene rings is 2. The van der Waals surface area contributed by atoms with Gasteiger partial charge in [-0.25, -0.2) is 4.98 Å². The Morgan fingerprint density at radius 1 is 1.21 bits per heavy atom. The number of methoxy groups -OCH3 is 1. The first-order valence-electron chi connectivity index (χ1n) is 11.3. The van der Waals surface area contributed by atoms with E-state index < -0.39 is 0 Å². The van der Waals surface area contributed by atoms with E-state index in [-0.39, 0.29) is 12.0 Å². The van der Waals surface area contributed by atoms with Gasteiger partial charge in [0.15, 0.2) is 0 Å². The molecule has 1 amide bonds. The maximum absolute atomic E-state index is 13.3. The van der Waals surface area contributed by atoms with Gasteiger partial charge in [-0.15, -0.1) is 0 Å². The fourth-order valence-corrected chi connectivity index (χ4v) is 4.50. The first-order valence-corrected chi connectivity index (χ1v) is 11.3. The van der Waals surface area contributed by atoms with Crippen molar-refractivity contribution in [3.05, 3.63) is 65.4 Å². The van der Waals surface area contributed by atoms with E-state index in [0.717, 1.165) is 58.9 Å². The number of rotatable bonds is 6. The number of hydrogen-bond donors (Lipinski definition) is 2. The van der Waals surface area contributed by atoms with Crippen LogP contribution < -0.4 is 10.1 Å². The fraction of sp³-hybridized carbons (Fsp3) is 0.308. The molecule has 170 valence electrons. The number of anilines is 1. The lowest BCUT2D eigenvalue weighted by atomic mass is 10.1. The van der Waals surface area contributed by atoms with Gasteiger partial charge in [0.2, 0.25) is 0 Å². The number of nitrogens with one attached hydrogen (secondary N) is 2. The topological polar surface area (TPSA) is 81.2 Å². The molecule has 0 bridgehead atoms. The van der Waals surface area contributed by atoms with Crippen molar-refractivity contribution in [1.29, 1.82) is 0 Å². The lowest BCUT2D eigenvalue weighted by Crippen LogP contribution is -2.21. The molecule has 2 N–H and O–H groups in total. The van der Waals surface area contributed by atoms with Crippen LogP contribution in [0, 0.1) is 13.8 Å². The molecule has 0 aliphatic carbocycles. The third-order valence-corrected chi connectivity index (χ3v) is 6.45. The SMILES string of the molecule is COc1ccc(C(=O)Nc2c(-c3nc4ccccc4[nH]3)c(C)c(C)n2C[C@@H]2CCCO2)cc1. The summed E-state index contributed by atoms with van der Waals surface area (Å²) < 4.78 is 13.3. The number of aromatic amines is 1. The number of nitrogens with zero attached hydrogens (tertiary/aromatic N) is 2. The number of amides is 1. The minimum atomic E-state index is -0.180. The Kier molecular flexibility index (Phi) is 5.64. The molecule has 3 heterocycles. The Bertz CT molecular complexity index is 1260. The molecule has 0 saturated carbocycles. The quantitative estimate of drug-likeness (QED) is 0.434. The molecule has 7 nitrogen and oxygen atoms in total. The predicted molar refractivity (Wildman–Crippen MR) is 129 cm³/mol. The van der Waals surface area contributed by atoms with Gasteiger partial charge in [-0.2, -0.15) is 0 Å². The standard InChI is InChI=1S/C26H28N4O3/c1-16-17(2)30(15-20-7-6-14-33-20)25(29-26(31)18-10-12-19(32-3)13-11-18)23(16)24-27-21-8-4-5-9-22(21)28-24/h4-5,8-13,20H,6-7,14-15H2,1-3H3,(H,27,28)(H,29,31)/t20-/m0/s1. The van der Waals surface area contributed by atoms with E-state index in [2.05, 4.69) is 28.7 Å². The molecule has 1 atom stereocenters. The Morgan fingerprint density at radius 3 is 2.70 bits per heavy atom. The predicted octanol–water partition coefficient (Wildman–Crippen LogP) is 5.09. The van der Waals surface area contributed by atoms with Gasteiger partial charge >= 0.3 is 0 Å².